The number of nitrogens with zero attached hydrogens (tertiary/aromatic N) is 2. The Labute approximate surface area is 204 Å². The van der Waals surface area contributed by atoms with Gasteiger partial charge in [0.1, 0.15) is 0 Å². The van der Waals surface area contributed by atoms with Crippen molar-refractivity contribution in [3.8, 4) is 0 Å². The van der Waals surface area contributed by atoms with Crippen LogP contribution in [0.4, 0.5) is 0 Å². The number of allylic oxidation sites excluding steroid dienone is 2. The van der Waals surface area contributed by atoms with E-state index in [-0.39, 0.29) is 12.2 Å². The quantitative estimate of drug-likeness (QED) is 0.476. The van der Waals surface area contributed by atoms with Crippen LogP contribution in [0.15, 0.2) is 75.7 Å². The number of hydrogen-bond donors (Lipinski definition) is 0. The van der Waals surface area contributed by atoms with Gasteiger partial charge in [0.15, 0.2) is 4.80 Å². The molecule has 2 aromatic carbocycles. The summed E-state index contributed by atoms with van der Waals surface area (Å²) in [6.45, 7) is 3.72. The van der Waals surface area contributed by atoms with Crippen molar-refractivity contribution in [1.29, 1.82) is 0 Å². The molecule has 1 atom stereocenters. The van der Waals surface area contributed by atoms with Crippen molar-refractivity contribution >= 4 is 52.7 Å². The fourth-order valence-electron chi connectivity index (χ4n) is 3.54. The molecule has 33 heavy (non-hydrogen) atoms. The van der Waals surface area contributed by atoms with E-state index in [1.165, 1.54) is 15.9 Å². The molecule has 1 unspecified atom stereocenters. The first-order valence-electron chi connectivity index (χ1n) is 10.3. The molecule has 168 valence electrons. The molecule has 0 saturated carbocycles. The Morgan fingerprint density at radius 2 is 1.97 bits per heavy atom. The van der Waals surface area contributed by atoms with E-state index >= 15 is 0 Å². The van der Waals surface area contributed by atoms with Crippen molar-refractivity contribution in [2.45, 2.75) is 19.9 Å². The van der Waals surface area contributed by atoms with E-state index in [4.69, 9.17) is 27.9 Å². The first-order chi connectivity index (χ1) is 15.9. The van der Waals surface area contributed by atoms with Crippen LogP contribution in [0.3, 0.4) is 0 Å². The zero-order valence-electron chi connectivity index (χ0n) is 17.9. The smallest absolute Gasteiger partial charge is 0.338 e. The maximum atomic E-state index is 13.5. The summed E-state index contributed by atoms with van der Waals surface area (Å²) in [7, 11) is 0. The number of hydrogen-bond acceptors (Lipinski definition) is 5. The minimum absolute atomic E-state index is 0.226. The molecule has 3 aromatic rings. The highest BCUT2D eigenvalue weighted by Crippen LogP contribution is 2.26. The van der Waals surface area contributed by atoms with Crippen LogP contribution in [0.2, 0.25) is 10.0 Å². The number of carbonyl (C=O) groups excluding carboxylic acids is 1. The van der Waals surface area contributed by atoms with E-state index in [9.17, 15) is 9.59 Å². The third kappa shape index (κ3) is 4.88. The summed E-state index contributed by atoms with van der Waals surface area (Å²) in [6, 6.07) is 14.1. The van der Waals surface area contributed by atoms with E-state index < -0.39 is 12.0 Å². The molecule has 8 heteroatoms. The van der Waals surface area contributed by atoms with Crippen molar-refractivity contribution in [1.82, 2.24) is 4.57 Å². The number of halogens is 2. The summed E-state index contributed by atoms with van der Waals surface area (Å²) in [5.74, 6) is -0.489. The number of esters is 1. The lowest BCUT2D eigenvalue weighted by Crippen LogP contribution is -2.38. The van der Waals surface area contributed by atoms with Crippen LogP contribution in [0.1, 0.15) is 31.0 Å². The summed E-state index contributed by atoms with van der Waals surface area (Å²) >= 11 is 13.5. The molecule has 1 aromatic heterocycles. The maximum Gasteiger partial charge on any atom is 0.338 e. The van der Waals surface area contributed by atoms with Gasteiger partial charge in [0.05, 0.1) is 28.5 Å². The van der Waals surface area contributed by atoms with E-state index in [1.54, 1.807) is 38.1 Å². The number of benzene rings is 2. The Hall–Kier alpha value is -2.93. The summed E-state index contributed by atoms with van der Waals surface area (Å²) in [5, 5.41) is 0.955. The van der Waals surface area contributed by atoms with Gasteiger partial charge >= 0.3 is 5.97 Å². The summed E-state index contributed by atoms with van der Waals surface area (Å²) < 4.78 is 7.26. The molecule has 0 radical (unpaired) electrons. The summed E-state index contributed by atoms with van der Waals surface area (Å²) in [5.41, 5.74) is 2.22. The van der Waals surface area contributed by atoms with Crippen LogP contribution in [0, 0.1) is 0 Å². The largest absolute Gasteiger partial charge is 0.463 e. The van der Waals surface area contributed by atoms with Crippen molar-refractivity contribution in [3.63, 3.8) is 0 Å². The molecule has 5 nitrogen and oxygen atoms in total. The number of aromatic nitrogens is 1. The molecule has 1 aliphatic rings. The number of ether oxygens (including phenoxy) is 1. The van der Waals surface area contributed by atoms with Crippen LogP contribution >= 0.6 is 34.5 Å². The Morgan fingerprint density at radius 3 is 2.67 bits per heavy atom. The lowest BCUT2D eigenvalue weighted by Gasteiger charge is -2.21. The minimum Gasteiger partial charge on any atom is -0.463 e. The zero-order chi connectivity index (χ0) is 23.5. The van der Waals surface area contributed by atoms with Crippen LogP contribution in [-0.2, 0) is 9.53 Å². The highest BCUT2D eigenvalue weighted by molar-refractivity contribution is 7.07. The molecular formula is C25H20Cl2N2O3S. The molecule has 0 amide bonds. The Balaban J connectivity index is 1.89. The highest BCUT2D eigenvalue weighted by atomic mass is 35.5. The Kier molecular flexibility index (Phi) is 6.98. The third-order valence-corrected chi connectivity index (χ3v) is 6.62. The van der Waals surface area contributed by atoms with Crippen LogP contribution in [-0.4, -0.2) is 17.1 Å². The molecule has 0 bridgehead atoms. The SMILES string of the molecule is CCOC(=O)C1=C(C)N=c2sc(=Cc3ccc(Cl)cc3Cl)c(=O)n2C1C=Cc1ccccc1. The average molecular weight is 499 g/mol. The standard InChI is InChI=1S/C25H20Cl2N2O3S/c1-3-32-24(31)22-15(2)28-25-29(20(22)12-9-16-7-5-4-6-8-16)23(30)21(33-25)13-17-10-11-18(26)14-19(17)27/h4-14,20H,3H2,1-2H3. The normalized spacial score (nSPS) is 16.1. The van der Waals surface area contributed by atoms with Crippen LogP contribution in [0.25, 0.3) is 12.2 Å². The first kappa shape index (κ1) is 23.2. The molecule has 1 aliphatic heterocycles. The molecule has 2 heterocycles. The van der Waals surface area contributed by atoms with Crippen molar-refractivity contribution in [2.24, 2.45) is 4.99 Å². The Bertz CT molecular complexity index is 1450. The van der Waals surface area contributed by atoms with Gasteiger partial charge in [-0.1, -0.05) is 83.1 Å². The second-order valence-electron chi connectivity index (χ2n) is 7.28. The van der Waals surface area contributed by atoms with Crippen LogP contribution in [0.5, 0.6) is 0 Å². The maximum absolute atomic E-state index is 13.5. The average Bonchev–Trinajstić information content (AvgIpc) is 3.09. The second kappa shape index (κ2) is 9.91. The van der Waals surface area contributed by atoms with Crippen molar-refractivity contribution in [2.75, 3.05) is 6.61 Å². The number of rotatable bonds is 5. The van der Waals surface area contributed by atoms with Gasteiger partial charge in [-0.15, -0.1) is 0 Å². The van der Waals surface area contributed by atoms with E-state index in [0.717, 1.165) is 5.56 Å². The predicted molar refractivity (Wildman–Crippen MR) is 133 cm³/mol. The van der Waals surface area contributed by atoms with E-state index in [1.807, 2.05) is 42.5 Å². The minimum atomic E-state index is -0.650. The number of carbonyl (C=O) groups is 1. The fraction of sp³-hybridized carbons (Fsp3) is 0.160. The highest BCUT2D eigenvalue weighted by Gasteiger charge is 2.30. The van der Waals surface area contributed by atoms with Gasteiger partial charge in [0, 0.05) is 10.0 Å². The van der Waals surface area contributed by atoms with E-state index in [0.29, 0.717) is 36.2 Å². The Morgan fingerprint density at radius 1 is 1.21 bits per heavy atom. The molecule has 0 fully saturated rings. The lowest BCUT2D eigenvalue weighted by atomic mass is 10.0. The van der Waals surface area contributed by atoms with E-state index in [2.05, 4.69) is 4.99 Å². The van der Waals surface area contributed by atoms with Gasteiger partial charge in [-0.25, -0.2) is 9.79 Å². The predicted octanol–water partition coefficient (Wildman–Crippen LogP) is 4.77. The summed E-state index contributed by atoms with van der Waals surface area (Å²) in [4.78, 5) is 31.3. The lowest BCUT2D eigenvalue weighted by molar-refractivity contribution is -0.139. The first-order valence-corrected chi connectivity index (χ1v) is 11.8. The van der Waals surface area contributed by atoms with Gasteiger partial charge in [-0.2, -0.15) is 0 Å². The second-order valence-corrected chi connectivity index (χ2v) is 9.13. The molecule has 4 rings (SSSR count). The zero-order valence-corrected chi connectivity index (χ0v) is 20.2. The van der Waals surface area contributed by atoms with Gasteiger partial charge in [0.25, 0.3) is 5.56 Å². The fourth-order valence-corrected chi connectivity index (χ4v) is 5.05. The molecular weight excluding hydrogens is 479 g/mol. The van der Waals surface area contributed by atoms with Gasteiger partial charge in [0.2, 0.25) is 0 Å². The number of thiazole rings is 1. The topological polar surface area (TPSA) is 60.7 Å². The van der Waals surface area contributed by atoms with Crippen molar-refractivity contribution < 1.29 is 9.53 Å². The van der Waals surface area contributed by atoms with Gasteiger partial charge < -0.3 is 4.74 Å². The van der Waals surface area contributed by atoms with Crippen molar-refractivity contribution in [3.05, 3.63) is 107 Å². The van der Waals surface area contributed by atoms with Gasteiger partial charge in [-0.05, 0) is 43.2 Å². The molecule has 0 aliphatic carbocycles. The summed E-state index contributed by atoms with van der Waals surface area (Å²) in [6.07, 6.45) is 5.43. The van der Waals surface area contributed by atoms with Gasteiger partial charge in [-0.3, -0.25) is 9.36 Å². The van der Waals surface area contributed by atoms with Crippen LogP contribution < -0.4 is 14.9 Å². The molecule has 0 N–H and O–H groups in total. The molecule has 0 spiro atoms. The monoisotopic (exact) mass is 498 g/mol. The molecule has 0 saturated heterocycles. The number of fused-ring (bicyclic) bond motifs is 1. The third-order valence-electron chi connectivity index (χ3n) is 5.08.